The van der Waals surface area contributed by atoms with Crippen LogP contribution in [0.25, 0.3) is 0 Å². The fourth-order valence-electron chi connectivity index (χ4n) is 2.17. The van der Waals surface area contributed by atoms with Gasteiger partial charge in [-0.05, 0) is 61.7 Å². The molecule has 0 atom stereocenters. The summed E-state index contributed by atoms with van der Waals surface area (Å²) in [5, 5.41) is 0.661. The molecule has 104 valence electrons. The Balaban J connectivity index is 2.53. The number of carbonyl (C=O) groups excluding carboxylic acids is 1. The first-order valence-electron chi connectivity index (χ1n) is 6.40. The van der Waals surface area contributed by atoms with E-state index in [0.717, 1.165) is 16.7 Å². The molecule has 0 saturated carbocycles. The zero-order chi connectivity index (χ0) is 14.9. The molecule has 0 radical (unpaired) electrons. The van der Waals surface area contributed by atoms with E-state index in [1.807, 2.05) is 32.9 Å². The second-order valence-corrected chi connectivity index (χ2v) is 5.29. The minimum absolute atomic E-state index is 0.0512. The van der Waals surface area contributed by atoms with Gasteiger partial charge in [-0.1, -0.05) is 17.7 Å². The third-order valence-electron chi connectivity index (χ3n) is 3.55. The number of aryl methyl sites for hydroxylation is 2. The molecule has 2 aromatic rings. The van der Waals surface area contributed by atoms with Gasteiger partial charge in [0.2, 0.25) is 0 Å². The van der Waals surface area contributed by atoms with E-state index in [2.05, 4.69) is 0 Å². The molecule has 20 heavy (non-hydrogen) atoms. The molecule has 0 N–H and O–H groups in total. The average molecular weight is 289 g/mol. The van der Waals surface area contributed by atoms with E-state index in [9.17, 15) is 4.79 Å². The molecule has 0 fully saturated rings. The third kappa shape index (κ3) is 2.56. The number of hydrogen-bond acceptors (Lipinski definition) is 2. The number of ketones is 1. The van der Waals surface area contributed by atoms with Crippen molar-refractivity contribution >= 4 is 17.4 Å². The van der Waals surface area contributed by atoms with Crippen LogP contribution in [0, 0.1) is 20.8 Å². The standard InChI is InChI=1S/C17H17ClO2/c1-10-5-7-14(17(20-4)12(10)3)16(19)13-6-8-15(18)11(2)9-13/h5-9H,1-4H3. The Labute approximate surface area is 124 Å². The van der Waals surface area contributed by atoms with E-state index in [-0.39, 0.29) is 5.78 Å². The molecule has 0 spiro atoms. The van der Waals surface area contributed by atoms with Gasteiger partial charge in [-0.2, -0.15) is 0 Å². The molecule has 0 saturated heterocycles. The first kappa shape index (κ1) is 14.6. The van der Waals surface area contributed by atoms with E-state index in [1.165, 1.54) is 0 Å². The van der Waals surface area contributed by atoms with Crippen molar-refractivity contribution in [3.63, 3.8) is 0 Å². The normalized spacial score (nSPS) is 10.4. The van der Waals surface area contributed by atoms with Crippen LogP contribution in [-0.2, 0) is 0 Å². The van der Waals surface area contributed by atoms with Gasteiger partial charge in [0.05, 0.1) is 12.7 Å². The largest absolute Gasteiger partial charge is 0.496 e. The summed E-state index contributed by atoms with van der Waals surface area (Å²) in [5.74, 6) is 0.590. The SMILES string of the molecule is COc1c(C(=O)c2ccc(Cl)c(C)c2)ccc(C)c1C. The van der Waals surface area contributed by atoms with Crippen LogP contribution in [0.15, 0.2) is 30.3 Å². The average Bonchev–Trinajstić information content (AvgIpc) is 2.44. The maximum Gasteiger partial charge on any atom is 0.196 e. The topological polar surface area (TPSA) is 26.3 Å². The first-order valence-corrected chi connectivity index (χ1v) is 6.78. The smallest absolute Gasteiger partial charge is 0.196 e. The van der Waals surface area contributed by atoms with E-state index in [4.69, 9.17) is 16.3 Å². The van der Waals surface area contributed by atoms with Gasteiger partial charge in [0.1, 0.15) is 5.75 Å². The van der Waals surface area contributed by atoms with Crippen molar-refractivity contribution in [3.05, 3.63) is 63.2 Å². The lowest BCUT2D eigenvalue weighted by Crippen LogP contribution is -2.06. The molecule has 0 aliphatic heterocycles. The van der Waals surface area contributed by atoms with Crippen molar-refractivity contribution in [3.8, 4) is 5.75 Å². The van der Waals surface area contributed by atoms with Crippen LogP contribution in [0.4, 0.5) is 0 Å². The van der Waals surface area contributed by atoms with Crippen LogP contribution in [-0.4, -0.2) is 12.9 Å². The molecule has 3 heteroatoms. The first-order chi connectivity index (χ1) is 9.45. The summed E-state index contributed by atoms with van der Waals surface area (Å²) in [5.41, 5.74) is 4.18. The lowest BCUT2D eigenvalue weighted by molar-refractivity contribution is 0.103. The van der Waals surface area contributed by atoms with E-state index in [1.54, 1.807) is 25.3 Å². The van der Waals surface area contributed by atoms with Gasteiger partial charge in [0.15, 0.2) is 5.78 Å². The maximum absolute atomic E-state index is 12.6. The highest BCUT2D eigenvalue weighted by atomic mass is 35.5. The Kier molecular flexibility index (Phi) is 4.15. The Bertz CT molecular complexity index is 675. The van der Waals surface area contributed by atoms with E-state index in [0.29, 0.717) is 21.9 Å². The Morgan fingerprint density at radius 1 is 1.05 bits per heavy atom. The molecule has 0 unspecified atom stereocenters. The zero-order valence-electron chi connectivity index (χ0n) is 12.1. The highest BCUT2D eigenvalue weighted by Gasteiger charge is 2.17. The summed E-state index contributed by atoms with van der Waals surface area (Å²) in [6.45, 7) is 5.84. The van der Waals surface area contributed by atoms with Crippen molar-refractivity contribution in [2.75, 3.05) is 7.11 Å². The predicted molar refractivity (Wildman–Crippen MR) is 82.1 cm³/mol. The van der Waals surface area contributed by atoms with Crippen LogP contribution < -0.4 is 4.74 Å². The summed E-state index contributed by atoms with van der Waals surface area (Å²) in [6, 6.07) is 9.05. The Morgan fingerprint density at radius 3 is 2.35 bits per heavy atom. The van der Waals surface area contributed by atoms with Gasteiger partial charge in [-0.3, -0.25) is 4.79 Å². The quantitative estimate of drug-likeness (QED) is 0.777. The minimum Gasteiger partial charge on any atom is -0.496 e. The number of halogens is 1. The number of methoxy groups -OCH3 is 1. The van der Waals surface area contributed by atoms with Gasteiger partial charge in [0.25, 0.3) is 0 Å². The predicted octanol–water partition coefficient (Wildman–Crippen LogP) is 4.50. The molecule has 0 heterocycles. The van der Waals surface area contributed by atoms with Crippen LogP contribution in [0.5, 0.6) is 5.75 Å². The molecular formula is C17H17ClO2. The van der Waals surface area contributed by atoms with Crippen LogP contribution >= 0.6 is 11.6 Å². The lowest BCUT2D eigenvalue weighted by Gasteiger charge is -2.13. The Morgan fingerprint density at radius 2 is 1.75 bits per heavy atom. The summed E-state index contributed by atoms with van der Waals surface area (Å²) >= 11 is 6.00. The second-order valence-electron chi connectivity index (χ2n) is 4.88. The molecule has 2 aromatic carbocycles. The monoisotopic (exact) mass is 288 g/mol. The van der Waals surface area contributed by atoms with Crippen LogP contribution in [0.3, 0.4) is 0 Å². The number of hydrogen-bond donors (Lipinski definition) is 0. The number of benzene rings is 2. The number of rotatable bonds is 3. The van der Waals surface area contributed by atoms with Crippen molar-refractivity contribution in [2.24, 2.45) is 0 Å². The summed E-state index contributed by atoms with van der Waals surface area (Å²) in [7, 11) is 1.59. The second kappa shape index (κ2) is 5.68. The minimum atomic E-state index is -0.0512. The Hall–Kier alpha value is -1.80. The summed E-state index contributed by atoms with van der Waals surface area (Å²) in [4.78, 5) is 12.6. The number of carbonyl (C=O) groups is 1. The van der Waals surface area contributed by atoms with Crippen molar-refractivity contribution in [1.82, 2.24) is 0 Å². The van der Waals surface area contributed by atoms with Crippen molar-refractivity contribution < 1.29 is 9.53 Å². The molecule has 0 amide bonds. The third-order valence-corrected chi connectivity index (χ3v) is 3.97. The number of ether oxygens (including phenoxy) is 1. The van der Waals surface area contributed by atoms with Gasteiger partial charge in [-0.25, -0.2) is 0 Å². The highest BCUT2D eigenvalue weighted by Crippen LogP contribution is 2.29. The maximum atomic E-state index is 12.6. The van der Waals surface area contributed by atoms with Crippen molar-refractivity contribution in [1.29, 1.82) is 0 Å². The summed E-state index contributed by atoms with van der Waals surface area (Å²) < 4.78 is 5.41. The molecule has 2 rings (SSSR count). The van der Waals surface area contributed by atoms with Gasteiger partial charge in [0, 0.05) is 10.6 Å². The van der Waals surface area contributed by atoms with E-state index >= 15 is 0 Å². The molecule has 0 aromatic heterocycles. The molecule has 0 aliphatic carbocycles. The van der Waals surface area contributed by atoms with Gasteiger partial charge in [-0.15, -0.1) is 0 Å². The molecular weight excluding hydrogens is 272 g/mol. The van der Waals surface area contributed by atoms with Crippen LogP contribution in [0.2, 0.25) is 5.02 Å². The molecule has 0 aliphatic rings. The molecule has 2 nitrogen and oxygen atoms in total. The highest BCUT2D eigenvalue weighted by molar-refractivity contribution is 6.31. The summed E-state index contributed by atoms with van der Waals surface area (Å²) in [6.07, 6.45) is 0. The lowest BCUT2D eigenvalue weighted by atomic mass is 9.97. The van der Waals surface area contributed by atoms with Crippen LogP contribution in [0.1, 0.15) is 32.6 Å². The zero-order valence-corrected chi connectivity index (χ0v) is 12.8. The van der Waals surface area contributed by atoms with E-state index < -0.39 is 0 Å². The van der Waals surface area contributed by atoms with Gasteiger partial charge < -0.3 is 4.74 Å². The fourth-order valence-corrected chi connectivity index (χ4v) is 2.29. The fraction of sp³-hybridized carbons (Fsp3) is 0.235. The molecule has 0 bridgehead atoms. The van der Waals surface area contributed by atoms with Crippen molar-refractivity contribution in [2.45, 2.75) is 20.8 Å². The van der Waals surface area contributed by atoms with Gasteiger partial charge >= 0.3 is 0 Å².